The molecule has 23 heavy (non-hydrogen) atoms. The molecule has 0 bridgehead atoms. The summed E-state index contributed by atoms with van der Waals surface area (Å²) >= 11 is 6.83. The molecule has 1 heterocycles. The summed E-state index contributed by atoms with van der Waals surface area (Å²) in [6.07, 6.45) is 2.63. The van der Waals surface area contributed by atoms with Gasteiger partial charge in [0.05, 0.1) is 6.04 Å². The van der Waals surface area contributed by atoms with Gasteiger partial charge in [0, 0.05) is 17.9 Å². The monoisotopic (exact) mass is 353 g/mol. The number of thioether (sulfide) groups is 1. The molecule has 1 atom stereocenters. The lowest BCUT2D eigenvalue weighted by molar-refractivity contribution is -0.137. The summed E-state index contributed by atoms with van der Waals surface area (Å²) in [6, 6.07) is 6.51. The molecule has 1 aliphatic heterocycles. The van der Waals surface area contributed by atoms with E-state index in [0.29, 0.717) is 13.0 Å². The fraction of sp³-hybridized carbons (Fsp3) is 0.294. The van der Waals surface area contributed by atoms with Crippen molar-refractivity contribution < 1.29 is 14.3 Å². The van der Waals surface area contributed by atoms with Gasteiger partial charge in [-0.05, 0) is 37.1 Å². The van der Waals surface area contributed by atoms with E-state index in [0.717, 1.165) is 14.8 Å². The van der Waals surface area contributed by atoms with Gasteiger partial charge in [0.15, 0.2) is 0 Å². The fourth-order valence-electron chi connectivity index (χ4n) is 2.15. The van der Waals surface area contributed by atoms with Crippen molar-refractivity contribution in [1.29, 1.82) is 0 Å². The Morgan fingerprint density at radius 2 is 2.22 bits per heavy atom. The van der Waals surface area contributed by atoms with Gasteiger partial charge in [0.25, 0.3) is 0 Å². The topological polar surface area (TPSA) is 40.5 Å². The number of nitrogens with zero attached hydrogens (tertiary/aromatic N) is 1. The molecule has 0 spiro atoms. The van der Waals surface area contributed by atoms with Crippen LogP contribution >= 0.6 is 24.0 Å². The Balaban J connectivity index is 0.00000127. The highest BCUT2D eigenvalue weighted by atomic mass is 32.2. The molecule has 0 aliphatic carbocycles. The Morgan fingerprint density at radius 1 is 1.52 bits per heavy atom. The van der Waals surface area contributed by atoms with Crippen LogP contribution in [0.1, 0.15) is 25.3 Å². The van der Waals surface area contributed by atoms with Crippen LogP contribution in [-0.2, 0) is 4.79 Å². The molecule has 1 aromatic rings. The Morgan fingerprint density at radius 3 is 2.83 bits per heavy atom. The molecule has 1 N–H and O–H groups in total. The number of hydrogen-bond donors (Lipinski definition) is 1. The molecule has 1 unspecified atom stereocenters. The SMILES string of the molecule is C=C.CC1/C(=C/c2cccc(F)c2)SC(=S)N1CCCC(=O)O. The van der Waals surface area contributed by atoms with E-state index in [-0.39, 0.29) is 18.3 Å². The number of carboxylic acid groups (broad SMARTS) is 1. The predicted octanol–water partition coefficient (Wildman–Crippen LogP) is 4.56. The second-order valence-electron chi connectivity index (χ2n) is 4.84. The van der Waals surface area contributed by atoms with Crippen molar-refractivity contribution in [2.75, 3.05) is 6.54 Å². The third-order valence-corrected chi connectivity index (χ3v) is 4.85. The van der Waals surface area contributed by atoms with Crippen LogP contribution in [0.15, 0.2) is 42.3 Å². The lowest BCUT2D eigenvalue weighted by atomic mass is 10.1. The summed E-state index contributed by atoms with van der Waals surface area (Å²) in [5.41, 5.74) is 0.805. The van der Waals surface area contributed by atoms with Crippen LogP contribution in [0.3, 0.4) is 0 Å². The van der Waals surface area contributed by atoms with Gasteiger partial charge < -0.3 is 10.0 Å². The minimum atomic E-state index is -0.795. The maximum absolute atomic E-state index is 13.2. The number of hydrogen-bond acceptors (Lipinski definition) is 3. The van der Waals surface area contributed by atoms with Crippen LogP contribution in [0.2, 0.25) is 0 Å². The quantitative estimate of drug-likeness (QED) is 0.621. The zero-order chi connectivity index (χ0) is 17.4. The smallest absolute Gasteiger partial charge is 0.303 e. The van der Waals surface area contributed by atoms with Gasteiger partial charge in [0.2, 0.25) is 0 Å². The van der Waals surface area contributed by atoms with Gasteiger partial charge in [-0.1, -0.05) is 36.1 Å². The van der Waals surface area contributed by atoms with E-state index in [4.69, 9.17) is 17.3 Å². The molecule has 1 aromatic carbocycles. The number of carbonyl (C=O) groups is 1. The molecular weight excluding hydrogens is 333 g/mol. The van der Waals surface area contributed by atoms with Crippen molar-refractivity contribution in [3.8, 4) is 0 Å². The Hall–Kier alpha value is -1.66. The van der Waals surface area contributed by atoms with Gasteiger partial charge in [0.1, 0.15) is 10.1 Å². The third kappa shape index (κ3) is 5.80. The predicted molar refractivity (Wildman–Crippen MR) is 98.9 cm³/mol. The van der Waals surface area contributed by atoms with E-state index in [1.54, 1.807) is 6.07 Å². The van der Waals surface area contributed by atoms with Crippen LogP contribution in [-0.4, -0.2) is 32.9 Å². The highest BCUT2D eigenvalue weighted by Crippen LogP contribution is 2.36. The number of thiocarbonyl (C=S) groups is 1. The molecule has 0 amide bonds. The standard InChI is InChI=1S/C15H16FNO2S2.C2H4/c1-10-13(9-11-4-2-5-12(16)8-11)21-15(20)17(10)7-3-6-14(18)19;1-2/h2,4-5,8-10H,3,6-7H2,1H3,(H,18,19);1-2H2/b13-9-;. The first-order chi connectivity index (χ1) is 11.0. The van der Waals surface area contributed by atoms with Gasteiger partial charge in [-0.15, -0.1) is 13.2 Å². The first-order valence-electron chi connectivity index (χ1n) is 7.15. The first kappa shape index (κ1) is 19.4. The molecule has 0 saturated carbocycles. The van der Waals surface area contributed by atoms with Crippen LogP contribution < -0.4 is 0 Å². The van der Waals surface area contributed by atoms with Crippen molar-refractivity contribution in [2.24, 2.45) is 0 Å². The lowest BCUT2D eigenvalue weighted by Gasteiger charge is -2.22. The van der Waals surface area contributed by atoms with E-state index in [1.807, 2.05) is 24.0 Å². The second-order valence-corrected chi connectivity index (χ2v) is 6.54. The Bertz CT molecular complexity index is 604. The summed E-state index contributed by atoms with van der Waals surface area (Å²) in [6.45, 7) is 8.65. The zero-order valence-corrected chi connectivity index (χ0v) is 14.6. The van der Waals surface area contributed by atoms with E-state index in [1.165, 1.54) is 23.9 Å². The van der Waals surface area contributed by atoms with Crippen LogP contribution in [0.25, 0.3) is 6.08 Å². The molecule has 124 valence electrons. The number of halogens is 1. The minimum Gasteiger partial charge on any atom is -0.481 e. The molecule has 1 fully saturated rings. The second kappa shape index (κ2) is 9.47. The highest BCUT2D eigenvalue weighted by Gasteiger charge is 2.29. The third-order valence-electron chi connectivity index (χ3n) is 3.27. The maximum Gasteiger partial charge on any atom is 0.303 e. The number of rotatable bonds is 5. The summed E-state index contributed by atoms with van der Waals surface area (Å²) in [7, 11) is 0. The highest BCUT2D eigenvalue weighted by molar-refractivity contribution is 8.26. The van der Waals surface area contributed by atoms with E-state index < -0.39 is 5.97 Å². The number of benzene rings is 1. The molecule has 2 rings (SSSR count). The summed E-state index contributed by atoms with van der Waals surface area (Å²) in [5.74, 6) is -1.06. The zero-order valence-electron chi connectivity index (χ0n) is 13.0. The molecule has 1 aliphatic rings. The fourth-order valence-corrected chi connectivity index (χ4v) is 3.75. The largest absolute Gasteiger partial charge is 0.481 e. The Labute approximate surface area is 145 Å². The van der Waals surface area contributed by atoms with E-state index in [9.17, 15) is 9.18 Å². The van der Waals surface area contributed by atoms with E-state index in [2.05, 4.69) is 13.2 Å². The van der Waals surface area contributed by atoms with Gasteiger partial charge in [-0.3, -0.25) is 4.79 Å². The van der Waals surface area contributed by atoms with Gasteiger partial charge in [-0.25, -0.2) is 4.39 Å². The van der Waals surface area contributed by atoms with Crippen molar-refractivity contribution in [3.63, 3.8) is 0 Å². The molecule has 0 radical (unpaired) electrons. The van der Waals surface area contributed by atoms with Crippen LogP contribution in [0.4, 0.5) is 4.39 Å². The first-order valence-corrected chi connectivity index (χ1v) is 8.37. The number of aliphatic carboxylic acids is 1. The average Bonchev–Trinajstić information content (AvgIpc) is 2.76. The molecule has 6 heteroatoms. The van der Waals surface area contributed by atoms with Crippen LogP contribution in [0, 0.1) is 5.82 Å². The van der Waals surface area contributed by atoms with Gasteiger partial charge in [-0.2, -0.15) is 0 Å². The molecular formula is C17H20FNO2S2. The maximum atomic E-state index is 13.2. The lowest BCUT2D eigenvalue weighted by Crippen LogP contribution is -2.31. The molecule has 3 nitrogen and oxygen atoms in total. The van der Waals surface area contributed by atoms with Crippen molar-refractivity contribution >= 4 is 40.3 Å². The van der Waals surface area contributed by atoms with Crippen LogP contribution in [0.5, 0.6) is 0 Å². The normalized spacial score (nSPS) is 18.7. The minimum absolute atomic E-state index is 0.0968. The summed E-state index contributed by atoms with van der Waals surface area (Å²) < 4.78 is 14.0. The van der Waals surface area contributed by atoms with Crippen molar-refractivity contribution in [1.82, 2.24) is 4.90 Å². The Kier molecular flexibility index (Phi) is 7.98. The van der Waals surface area contributed by atoms with Crippen molar-refractivity contribution in [2.45, 2.75) is 25.8 Å². The molecule has 0 aromatic heterocycles. The summed E-state index contributed by atoms with van der Waals surface area (Å²) in [5, 5.41) is 8.69. The number of carboxylic acids is 1. The molecule has 1 saturated heterocycles. The summed E-state index contributed by atoms with van der Waals surface area (Å²) in [4.78, 5) is 13.6. The average molecular weight is 353 g/mol. The van der Waals surface area contributed by atoms with E-state index >= 15 is 0 Å². The van der Waals surface area contributed by atoms with Crippen molar-refractivity contribution in [3.05, 3.63) is 53.7 Å². The van der Waals surface area contributed by atoms with Gasteiger partial charge >= 0.3 is 5.97 Å².